The van der Waals surface area contributed by atoms with Crippen molar-refractivity contribution in [3.05, 3.63) is 102 Å². The maximum Gasteiger partial charge on any atom is 0.264 e. The lowest BCUT2D eigenvalue weighted by Crippen LogP contribution is -2.44. The van der Waals surface area contributed by atoms with Crippen LogP contribution in [0.25, 0.3) is 10.8 Å². The Labute approximate surface area is 261 Å². The average Bonchev–Trinajstić information content (AvgIpc) is 3.80. The molecule has 8 nitrogen and oxygen atoms in total. The van der Waals surface area contributed by atoms with E-state index in [2.05, 4.69) is 0 Å². The van der Waals surface area contributed by atoms with Gasteiger partial charge in [0.2, 0.25) is 5.91 Å². The van der Waals surface area contributed by atoms with E-state index < -0.39 is 5.60 Å². The van der Waals surface area contributed by atoms with Crippen molar-refractivity contribution in [2.24, 2.45) is 5.92 Å². The minimum absolute atomic E-state index is 0.0210. The molecule has 0 aliphatic carbocycles. The minimum Gasteiger partial charge on any atom is -0.394 e. The van der Waals surface area contributed by atoms with Gasteiger partial charge < -0.3 is 19.6 Å². The van der Waals surface area contributed by atoms with E-state index in [0.29, 0.717) is 25.1 Å². The molecule has 4 atom stereocenters. The van der Waals surface area contributed by atoms with Gasteiger partial charge in [-0.05, 0) is 60.5 Å². The van der Waals surface area contributed by atoms with Crippen molar-refractivity contribution < 1.29 is 24.2 Å². The summed E-state index contributed by atoms with van der Waals surface area (Å²) < 4.78 is 6.64. The maximum atomic E-state index is 14.4. The molecule has 1 N–H and O–H groups in total. The van der Waals surface area contributed by atoms with Crippen LogP contribution in [0.5, 0.6) is 0 Å². The number of likely N-dealkylation sites (tertiary alicyclic amines) is 1. The van der Waals surface area contributed by atoms with Gasteiger partial charge in [0.05, 0.1) is 48.7 Å². The Kier molecular flexibility index (Phi) is 6.55. The zero-order valence-corrected chi connectivity index (χ0v) is 25.2. The highest BCUT2D eigenvalue weighted by Crippen LogP contribution is 2.54. The Balaban J connectivity index is 1.04. The van der Waals surface area contributed by atoms with Gasteiger partial charge in [-0.3, -0.25) is 19.3 Å². The molecule has 45 heavy (non-hydrogen) atoms. The van der Waals surface area contributed by atoms with Crippen LogP contribution < -0.4 is 9.80 Å². The summed E-state index contributed by atoms with van der Waals surface area (Å²) in [6.07, 6.45) is 2.13. The summed E-state index contributed by atoms with van der Waals surface area (Å²) in [5.41, 5.74) is 3.81. The molecule has 0 aromatic heterocycles. The summed E-state index contributed by atoms with van der Waals surface area (Å²) in [4.78, 5) is 46.3. The third kappa shape index (κ3) is 4.16. The highest BCUT2D eigenvalue weighted by atomic mass is 16.5. The lowest BCUT2D eigenvalue weighted by Gasteiger charge is -2.29. The second-order valence-electron chi connectivity index (χ2n) is 12.8. The van der Waals surface area contributed by atoms with Crippen molar-refractivity contribution in [3.8, 4) is 0 Å². The lowest BCUT2D eigenvalue weighted by molar-refractivity contribution is -0.150. The molecule has 2 fully saturated rings. The molecule has 8 rings (SSSR count). The first-order valence-electron chi connectivity index (χ1n) is 15.9. The number of amides is 3. The lowest BCUT2D eigenvalue weighted by atomic mass is 9.83. The number of aliphatic hydroxyl groups is 1. The van der Waals surface area contributed by atoms with E-state index in [0.717, 1.165) is 51.8 Å². The van der Waals surface area contributed by atoms with E-state index in [1.165, 1.54) is 0 Å². The normalized spacial score (nSPS) is 25.3. The fourth-order valence-electron chi connectivity index (χ4n) is 8.08. The van der Waals surface area contributed by atoms with Crippen molar-refractivity contribution >= 4 is 45.6 Å². The molecule has 4 heterocycles. The monoisotopic (exact) mass is 601 g/mol. The molecule has 4 aliphatic heterocycles. The topological polar surface area (TPSA) is 90.4 Å². The number of ether oxygens (including phenoxy) is 1. The summed E-state index contributed by atoms with van der Waals surface area (Å²) >= 11 is 0. The van der Waals surface area contributed by atoms with Crippen LogP contribution >= 0.6 is 0 Å². The van der Waals surface area contributed by atoms with Crippen LogP contribution in [0.1, 0.15) is 54.1 Å². The molecule has 8 heteroatoms. The van der Waals surface area contributed by atoms with Crippen molar-refractivity contribution in [3.63, 3.8) is 0 Å². The molecular formula is C37H35N3O5. The van der Waals surface area contributed by atoms with E-state index in [9.17, 15) is 19.5 Å². The van der Waals surface area contributed by atoms with Crippen LogP contribution in [0.4, 0.5) is 17.1 Å². The number of aliphatic hydroxyl groups excluding tert-OH is 1. The molecule has 1 spiro atoms. The summed E-state index contributed by atoms with van der Waals surface area (Å²) in [7, 11) is 0. The highest BCUT2D eigenvalue weighted by Gasteiger charge is 2.60. The minimum atomic E-state index is -1.14. The molecule has 4 aromatic carbocycles. The highest BCUT2D eigenvalue weighted by molar-refractivity contribution is 6.27. The van der Waals surface area contributed by atoms with Gasteiger partial charge in [-0.1, -0.05) is 61.5 Å². The van der Waals surface area contributed by atoms with Gasteiger partial charge in [-0.25, -0.2) is 0 Å². The summed E-state index contributed by atoms with van der Waals surface area (Å²) in [5, 5.41) is 11.7. The number of rotatable bonds is 6. The van der Waals surface area contributed by atoms with Crippen LogP contribution in [0.15, 0.2) is 84.9 Å². The number of hydrogen-bond donors (Lipinski definition) is 1. The molecule has 4 aliphatic rings. The number of anilines is 3. The van der Waals surface area contributed by atoms with Crippen LogP contribution in [-0.4, -0.2) is 53.0 Å². The van der Waals surface area contributed by atoms with E-state index in [1.807, 2.05) is 91.9 Å². The Bertz CT molecular complexity index is 1850. The average molecular weight is 602 g/mol. The van der Waals surface area contributed by atoms with Crippen molar-refractivity contribution in [2.45, 2.75) is 56.9 Å². The quantitative estimate of drug-likeness (QED) is 0.308. The predicted octanol–water partition coefficient (Wildman–Crippen LogP) is 5.67. The number of benzene rings is 4. The molecule has 0 radical (unpaired) electrons. The maximum absolute atomic E-state index is 14.4. The zero-order valence-electron chi connectivity index (χ0n) is 25.2. The van der Waals surface area contributed by atoms with Crippen LogP contribution in [-0.2, 0) is 26.5 Å². The molecule has 0 unspecified atom stereocenters. The largest absolute Gasteiger partial charge is 0.394 e. The third-order valence-corrected chi connectivity index (χ3v) is 10.2. The number of fused-ring (bicyclic) bond motifs is 2. The van der Waals surface area contributed by atoms with E-state index in [1.54, 1.807) is 14.7 Å². The number of hydrogen-bond acceptors (Lipinski definition) is 5. The molecule has 0 bridgehead atoms. The van der Waals surface area contributed by atoms with Gasteiger partial charge in [0.25, 0.3) is 11.8 Å². The number of carbonyl (C=O) groups is 3. The first-order valence-corrected chi connectivity index (χ1v) is 15.9. The number of carbonyl (C=O) groups excluding carboxylic acids is 3. The van der Waals surface area contributed by atoms with Gasteiger partial charge in [-0.2, -0.15) is 0 Å². The third-order valence-electron chi connectivity index (χ3n) is 10.2. The molecular weight excluding hydrogens is 566 g/mol. The Morgan fingerprint density at radius 2 is 1.71 bits per heavy atom. The van der Waals surface area contributed by atoms with Gasteiger partial charge in [0, 0.05) is 29.1 Å². The number of para-hydroxylation sites is 1. The van der Waals surface area contributed by atoms with Crippen LogP contribution in [0.2, 0.25) is 0 Å². The summed E-state index contributed by atoms with van der Waals surface area (Å²) in [6, 6.07) is 27.3. The molecule has 4 aromatic rings. The van der Waals surface area contributed by atoms with Crippen LogP contribution in [0.3, 0.4) is 0 Å². The van der Waals surface area contributed by atoms with E-state index in [-0.39, 0.29) is 48.8 Å². The van der Waals surface area contributed by atoms with Gasteiger partial charge in [0.1, 0.15) is 0 Å². The van der Waals surface area contributed by atoms with Crippen LogP contribution in [0, 0.1) is 5.92 Å². The van der Waals surface area contributed by atoms with Crippen molar-refractivity contribution in [1.82, 2.24) is 4.90 Å². The second-order valence-corrected chi connectivity index (χ2v) is 12.8. The molecule has 2 saturated heterocycles. The fraction of sp³-hybridized carbons (Fsp3) is 0.324. The fourth-order valence-corrected chi connectivity index (χ4v) is 8.08. The zero-order chi connectivity index (χ0) is 30.9. The first-order chi connectivity index (χ1) is 21.9. The Morgan fingerprint density at radius 3 is 2.51 bits per heavy atom. The number of nitrogens with zero attached hydrogens (tertiary/aromatic N) is 3. The van der Waals surface area contributed by atoms with E-state index in [4.69, 9.17) is 4.74 Å². The van der Waals surface area contributed by atoms with E-state index >= 15 is 0 Å². The van der Waals surface area contributed by atoms with Crippen molar-refractivity contribution in [1.29, 1.82) is 0 Å². The molecule has 0 saturated carbocycles. The van der Waals surface area contributed by atoms with Gasteiger partial charge >= 0.3 is 0 Å². The smallest absolute Gasteiger partial charge is 0.264 e. The second kappa shape index (κ2) is 10.5. The summed E-state index contributed by atoms with van der Waals surface area (Å²) in [5.74, 6) is -0.292. The summed E-state index contributed by atoms with van der Waals surface area (Å²) in [6.45, 7) is 3.01. The standard InChI is InChI=1S/C37H35N3O5/c1-23-19-28(20-33(42)38-18-6-9-27(38)22-41)45-37(23)30-11-2-3-12-31(30)39(36(37)44)21-24-14-16-26(17-15-24)40-32-13-5-8-25-7-4-10-29(34(25)32)35(40)43/h2-5,7-8,10-17,23,27-28,41H,6,9,18-22H2,1H3/t23-,27+,28-,37+/m1/s1. The molecule has 3 amide bonds. The van der Waals surface area contributed by atoms with Crippen molar-refractivity contribution in [2.75, 3.05) is 23.0 Å². The molecule has 228 valence electrons. The predicted molar refractivity (Wildman–Crippen MR) is 171 cm³/mol. The first kappa shape index (κ1) is 28.0. The van der Waals surface area contributed by atoms with Gasteiger partial charge in [-0.15, -0.1) is 0 Å². The Morgan fingerprint density at radius 1 is 0.956 bits per heavy atom. The van der Waals surface area contributed by atoms with Gasteiger partial charge in [0.15, 0.2) is 5.60 Å². The SMILES string of the molecule is C[C@@H]1C[C@H](CC(=O)N2CCC[C@H]2CO)O[C@@]12C(=O)N(Cc1ccc(N3C(=O)c4cccc5cccc3c45)cc1)c1ccccc12. The Hall–Kier alpha value is -4.53.